The molecule has 1 aromatic heterocycles. The average Bonchev–Trinajstić information content (AvgIpc) is 3.37. The number of anilines is 3. The maximum Gasteiger partial charge on any atom is 0.414 e. The number of cyclic esters (lactones) is 1. The molecule has 0 radical (unpaired) electrons. The van der Waals surface area contributed by atoms with Gasteiger partial charge in [0.05, 0.1) is 30.8 Å². The van der Waals surface area contributed by atoms with E-state index in [0.29, 0.717) is 10.8 Å². The summed E-state index contributed by atoms with van der Waals surface area (Å²) in [5.41, 5.74) is 0.413. The van der Waals surface area contributed by atoms with E-state index in [4.69, 9.17) is 15.3 Å². The van der Waals surface area contributed by atoms with Crippen molar-refractivity contribution in [1.82, 2.24) is 15.5 Å². The lowest BCUT2D eigenvalue weighted by atomic mass is 10.2. The van der Waals surface area contributed by atoms with Crippen molar-refractivity contribution in [2.24, 2.45) is 0 Å². The van der Waals surface area contributed by atoms with Crippen LogP contribution in [0.5, 0.6) is 0 Å². The summed E-state index contributed by atoms with van der Waals surface area (Å²) in [4.78, 5) is 36.6. The second-order valence-electron chi connectivity index (χ2n) is 6.66. The predicted octanol–water partition coefficient (Wildman–Crippen LogP) is 1.36. The van der Waals surface area contributed by atoms with Gasteiger partial charge in [0.1, 0.15) is 11.9 Å². The van der Waals surface area contributed by atoms with Gasteiger partial charge in [-0.2, -0.15) is 0 Å². The third-order valence-corrected chi connectivity index (χ3v) is 5.27. The molecule has 4 N–H and O–H groups in total. The van der Waals surface area contributed by atoms with Crippen LogP contribution >= 0.6 is 11.3 Å². The van der Waals surface area contributed by atoms with Crippen molar-refractivity contribution in [1.29, 1.82) is 5.41 Å². The van der Waals surface area contributed by atoms with E-state index in [1.54, 1.807) is 0 Å². The number of nitrogens with zero attached hydrogens (tertiary/aromatic N) is 4. The summed E-state index contributed by atoms with van der Waals surface area (Å²) in [6.07, 6.45) is -0.227. The van der Waals surface area contributed by atoms with E-state index in [0.717, 1.165) is 17.7 Å². The molecular formula is C18H20FN7O5S. The van der Waals surface area contributed by atoms with Crippen LogP contribution in [0.2, 0.25) is 0 Å². The zero-order chi connectivity index (χ0) is 23.3. The molecule has 170 valence electrons. The zero-order valence-electron chi connectivity index (χ0n) is 16.9. The molecule has 1 aromatic carbocycles. The number of halogens is 1. The van der Waals surface area contributed by atoms with Crippen LogP contribution in [0.25, 0.3) is 0 Å². The second kappa shape index (κ2) is 10.00. The fraction of sp³-hybridized carbons (Fsp3) is 0.333. The van der Waals surface area contributed by atoms with Gasteiger partial charge in [-0.3, -0.25) is 15.1 Å². The third-order valence-electron chi connectivity index (χ3n) is 4.40. The van der Waals surface area contributed by atoms with Crippen molar-refractivity contribution < 1.29 is 28.6 Å². The van der Waals surface area contributed by atoms with Crippen LogP contribution in [0.4, 0.5) is 25.7 Å². The number of amides is 2. The monoisotopic (exact) mass is 465 g/mol. The lowest BCUT2D eigenvalue weighted by molar-refractivity contribution is -0.119. The van der Waals surface area contributed by atoms with Crippen LogP contribution < -0.4 is 20.4 Å². The molecule has 0 saturated carbocycles. The van der Waals surface area contributed by atoms with Gasteiger partial charge in [0, 0.05) is 20.0 Å². The Labute approximate surface area is 185 Å². The smallest absolute Gasteiger partial charge is 0.414 e. The predicted molar refractivity (Wildman–Crippen MR) is 114 cm³/mol. The number of aromatic nitrogens is 2. The maximum absolute atomic E-state index is 14.8. The topological polar surface area (TPSA) is 161 Å². The zero-order valence-corrected chi connectivity index (χ0v) is 17.7. The summed E-state index contributed by atoms with van der Waals surface area (Å²) >= 11 is 0.866. The van der Waals surface area contributed by atoms with Gasteiger partial charge >= 0.3 is 12.1 Å². The molecule has 12 nitrogen and oxygen atoms in total. The number of carbonyl (C=O) groups is 3. The van der Waals surface area contributed by atoms with E-state index in [1.807, 2.05) is 0 Å². The maximum atomic E-state index is 14.8. The fourth-order valence-corrected chi connectivity index (χ4v) is 3.52. The molecule has 0 bridgehead atoms. The van der Waals surface area contributed by atoms with Gasteiger partial charge in [-0.15, -0.1) is 10.2 Å². The van der Waals surface area contributed by atoms with Crippen molar-refractivity contribution in [3.8, 4) is 0 Å². The molecule has 2 aromatic rings. The molecule has 0 spiro atoms. The lowest BCUT2D eigenvalue weighted by Gasteiger charge is -2.21. The van der Waals surface area contributed by atoms with Gasteiger partial charge < -0.3 is 25.4 Å². The normalized spacial score (nSPS) is 15.2. The first-order chi connectivity index (χ1) is 15.3. The summed E-state index contributed by atoms with van der Waals surface area (Å²) in [5, 5.41) is 29.2. The molecule has 1 saturated heterocycles. The molecule has 14 heteroatoms. The van der Waals surface area contributed by atoms with Crippen molar-refractivity contribution in [2.45, 2.75) is 13.0 Å². The van der Waals surface area contributed by atoms with Crippen LogP contribution in [-0.2, 0) is 9.53 Å². The van der Waals surface area contributed by atoms with E-state index >= 15 is 0 Å². The minimum absolute atomic E-state index is 0.122. The van der Waals surface area contributed by atoms with E-state index in [2.05, 4.69) is 20.8 Å². The van der Waals surface area contributed by atoms with E-state index in [1.165, 1.54) is 34.9 Å². The number of benzene rings is 1. The second-order valence-corrected chi connectivity index (χ2v) is 7.63. The highest BCUT2D eigenvalue weighted by Crippen LogP contribution is 2.27. The average molecular weight is 465 g/mol. The number of hydrogen-bond donors (Lipinski definition) is 4. The van der Waals surface area contributed by atoms with Gasteiger partial charge in [0.15, 0.2) is 0 Å². The molecule has 1 unspecified atom stereocenters. The third kappa shape index (κ3) is 5.46. The minimum Gasteiger partial charge on any atom is -0.476 e. The number of ether oxygens (including phenoxy) is 1. The molecule has 2 heterocycles. The number of carboxylic acids is 1. The molecule has 1 aliphatic rings. The Kier molecular flexibility index (Phi) is 7.14. The van der Waals surface area contributed by atoms with Crippen LogP contribution in [0.15, 0.2) is 18.2 Å². The summed E-state index contributed by atoms with van der Waals surface area (Å²) in [5.74, 6) is -2.07. The summed E-state index contributed by atoms with van der Waals surface area (Å²) in [6.45, 7) is 2.11. The molecule has 3 rings (SSSR count). The minimum atomic E-state index is -1.18. The highest BCUT2D eigenvalue weighted by molar-refractivity contribution is 7.16. The standard InChI is InChI=1S/C18H20FN7O5S/c1-10(27)22-7-12-8-26(18(30)31-12)11-2-3-14(13(19)6-11)25(9-20)5-4-21-17-24-23-15(32-17)16(28)29/h2-3,6,9,12,20H,4-5,7-8H2,1H3,(H,21,24)(H,22,27)(H,28,29). The van der Waals surface area contributed by atoms with E-state index < -0.39 is 24.0 Å². The molecular weight excluding hydrogens is 445 g/mol. The summed E-state index contributed by atoms with van der Waals surface area (Å²) < 4.78 is 20.0. The van der Waals surface area contributed by atoms with Crippen molar-refractivity contribution in [3.05, 3.63) is 29.0 Å². The van der Waals surface area contributed by atoms with Crippen molar-refractivity contribution in [2.75, 3.05) is 41.3 Å². The first-order valence-electron chi connectivity index (χ1n) is 9.38. The Morgan fingerprint density at radius 2 is 2.25 bits per heavy atom. The Bertz CT molecular complexity index is 1030. The van der Waals surface area contributed by atoms with Crippen LogP contribution in [0.3, 0.4) is 0 Å². The number of carbonyl (C=O) groups excluding carboxylic acids is 2. The molecule has 1 atom stereocenters. The van der Waals surface area contributed by atoms with Crippen LogP contribution in [0.1, 0.15) is 16.7 Å². The fourth-order valence-electron chi connectivity index (χ4n) is 2.91. The largest absolute Gasteiger partial charge is 0.476 e. The number of hydrogen-bond acceptors (Lipinski definition) is 9. The van der Waals surface area contributed by atoms with Crippen molar-refractivity contribution in [3.63, 3.8) is 0 Å². The SMILES string of the molecule is CC(=O)NCC1CN(c2ccc(N(C=N)CCNc3nnc(C(=O)O)s3)c(F)c2)C(=O)O1. The number of nitrogens with one attached hydrogen (secondary N) is 3. The molecule has 2 amide bonds. The Morgan fingerprint density at radius 1 is 1.47 bits per heavy atom. The van der Waals surface area contributed by atoms with Gasteiger partial charge in [-0.05, 0) is 18.2 Å². The summed E-state index contributed by atoms with van der Waals surface area (Å²) in [6, 6.07) is 4.15. The van der Waals surface area contributed by atoms with Crippen LogP contribution in [-0.4, -0.2) is 71.9 Å². The van der Waals surface area contributed by atoms with E-state index in [9.17, 15) is 18.8 Å². The Balaban J connectivity index is 1.61. The molecule has 1 aliphatic heterocycles. The number of aromatic carboxylic acids is 1. The van der Waals surface area contributed by atoms with Gasteiger partial charge in [-0.1, -0.05) is 11.3 Å². The molecule has 32 heavy (non-hydrogen) atoms. The van der Waals surface area contributed by atoms with Gasteiger partial charge in [0.2, 0.25) is 16.0 Å². The quantitative estimate of drug-likeness (QED) is 0.300. The lowest BCUT2D eigenvalue weighted by Crippen LogP contribution is -2.33. The van der Waals surface area contributed by atoms with Crippen molar-refractivity contribution >= 4 is 52.2 Å². The van der Waals surface area contributed by atoms with E-state index in [-0.39, 0.29) is 42.8 Å². The number of carboxylic acid groups (broad SMARTS) is 1. The Morgan fingerprint density at radius 3 is 2.88 bits per heavy atom. The molecule has 0 aliphatic carbocycles. The number of rotatable bonds is 10. The van der Waals surface area contributed by atoms with Crippen LogP contribution in [0, 0.1) is 11.2 Å². The highest BCUT2D eigenvalue weighted by Gasteiger charge is 2.32. The van der Waals surface area contributed by atoms with Gasteiger partial charge in [0.25, 0.3) is 0 Å². The summed E-state index contributed by atoms with van der Waals surface area (Å²) in [7, 11) is 0. The molecule has 1 fully saturated rings. The first-order valence-corrected chi connectivity index (χ1v) is 10.2. The highest BCUT2D eigenvalue weighted by atomic mass is 32.1. The Hall–Kier alpha value is -3.81. The first kappa shape index (κ1) is 22.9. The van der Waals surface area contributed by atoms with Gasteiger partial charge in [-0.25, -0.2) is 14.0 Å².